The number of aromatic hydroxyl groups is 2. The van der Waals surface area contributed by atoms with Gasteiger partial charge in [0.15, 0.2) is 24.8 Å². The van der Waals surface area contributed by atoms with Crippen molar-refractivity contribution in [3.63, 3.8) is 0 Å². The minimum absolute atomic E-state index is 0.296. The summed E-state index contributed by atoms with van der Waals surface area (Å²) in [5, 5.41) is 21.3. The Morgan fingerprint density at radius 3 is 1.54 bits per heavy atom. The van der Waals surface area contributed by atoms with Gasteiger partial charge in [-0.15, -0.1) is 5.73 Å². The average Bonchev–Trinajstić information content (AvgIpc) is 2.77. The topological polar surface area (TPSA) is 158 Å². The molecule has 35 heavy (non-hydrogen) atoms. The molecule has 0 aliphatic rings. The summed E-state index contributed by atoms with van der Waals surface area (Å²) in [5.41, 5.74) is -0.954. The van der Waals surface area contributed by atoms with Crippen molar-refractivity contribution in [3.8, 4) is 23.1 Å². The SMILES string of the molecule is C[n+]1cccc(-n2c(O)c(C=C=Cc3c(O)n(-c4ccc[n+](C)c4)c(=O)[nH]c3=O)c(=O)[nH]c2=O)c1. The smallest absolute Gasteiger partial charge is 0.336 e. The zero-order chi connectivity index (χ0) is 25.3. The molecule has 0 unspecified atom stereocenters. The van der Waals surface area contributed by atoms with Gasteiger partial charge in [0.1, 0.15) is 36.6 Å². The molecule has 4 rings (SSSR count). The van der Waals surface area contributed by atoms with E-state index in [1.807, 2.05) is 0 Å². The van der Waals surface area contributed by atoms with Crippen molar-refractivity contribution in [2.24, 2.45) is 14.1 Å². The van der Waals surface area contributed by atoms with Gasteiger partial charge in [0.25, 0.3) is 11.1 Å². The van der Waals surface area contributed by atoms with Gasteiger partial charge in [-0.2, -0.15) is 0 Å². The molecule has 12 nitrogen and oxygen atoms in total. The minimum atomic E-state index is -0.884. The van der Waals surface area contributed by atoms with Gasteiger partial charge in [0.2, 0.25) is 11.8 Å². The van der Waals surface area contributed by atoms with E-state index in [-0.39, 0.29) is 11.1 Å². The Hall–Kier alpha value is -5.22. The van der Waals surface area contributed by atoms with Crippen LogP contribution >= 0.6 is 0 Å². The number of aromatic amines is 2. The molecule has 0 bridgehead atoms. The fraction of sp³-hybridized carbons (Fsp3) is 0.0870. The maximum absolute atomic E-state index is 12.3. The first-order valence-corrected chi connectivity index (χ1v) is 10.2. The van der Waals surface area contributed by atoms with Crippen molar-refractivity contribution in [2.75, 3.05) is 0 Å². The fourth-order valence-electron chi connectivity index (χ4n) is 3.43. The first-order chi connectivity index (χ1) is 16.7. The normalized spacial score (nSPS) is 10.6. The Kier molecular flexibility index (Phi) is 5.88. The van der Waals surface area contributed by atoms with E-state index in [2.05, 4.69) is 15.7 Å². The summed E-state index contributed by atoms with van der Waals surface area (Å²) in [6.07, 6.45) is 8.66. The molecule has 4 heterocycles. The molecular weight excluding hydrogens is 456 g/mol. The Morgan fingerprint density at radius 2 is 1.17 bits per heavy atom. The Morgan fingerprint density at radius 1 is 0.771 bits per heavy atom. The highest BCUT2D eigenvalue weighted by atomic mass is 16.3. The fourth-order valence-corrected chi connectivity index (χ4v) is 3.43. The molecule has 4 N–H and O–H groups in total. The molecule has 0 saturated heterocycles. The summed E-state index contributed by atoms with van der Waals surface area (Å²) in [7, 11) is 3.44. The number of nitrogens with zero attached hydrogens (tertiary/aromatic N) is 4. The number of H-pyrrole nitrogens is 2. The van der Waals surface area contributed by atoms with Crippen molar-refractivity contribution >= 4 is 12.2 Å². The lowest BCUT2D eigenvalue weighted by atomic mass is 10.2. The second-order valence-electron chi connectivity index (χ2n) is 7.57. The van der Waals surface area contributed by atoms with E-state index in [1.54, 1.807) is 72.3 Å². The van der Waals surface area contributed by atoms with E-state index in [4.69, 9.17) is 0 Å². The number of aromatic nitrogens is 6. The third-order valence-electron chi connectivity index (χ3n) is 5.06. The molecule has 0 amide bonds. The standard InChI is InChI=1S/C23H18N6O6/c1-26-10-4-6-14(12-26)28-20(32)16(18(30)24-22(28)34)8-3-9-17-19(31)25-23(35)29(21(17)33)15-7-5-11-27(2)13-15/h4-13H,1-2H3,(H2-2,24,25,30,31,32,33,34,35)/p+2. The zero-order valence-corrected chi connectivity index (χ0v) is 18.6. The van der Waals surface area contributed by atoms with Crippen LogP contribution in [-0.2, 0) is 14.1 Å². The highest BCUT2D eigenvalue weighted by Gasteiger charge is 2.17. The lowest BCUT2D eigenvalue weighted by Gasteiger charge is -2.08. The van der Waals surface area contributed by atoms with Crippen LogP contribution in [0.1, 0.15) is 11.1 Å². The van der Waals surface area contributed by atoms with Gasteiger partial charge in [-0.25, -0.2) is 27.9 Å². The van der Waals surface area contributed by atoms with E-state index >= 15 is 0 Å². The number of hydrogen-bond donors (Lipinski definition) is 4. The van der Waals surface area contributed by atoms with Crippen LogP contribution in [-0.4, -0.2) is 29.3 Å². The molecule has 4 aromatic heterocycles. The third-order valence-corrected chi connectivity index (χ3v) is 5.06. The van der Waals surface area contributed by atoms with Crippen molar-refractivity contribution in [1.82, 2.24) is 19.1 Å². The second kappa shape index (κ2) is 8.96. The second-order valence-corrected chi connectivity index (χ2v) is 7.57. The van der Waals surface area contributed by atoms with Crippen molar-refractivity contribution in [3.05, 3.63) is 108 Å². The molecule has 0 aliphatic heterocycles. The van der Waals surface area contributed by atoms with Gasteiger partial charge >= 0.3 is 11.4 Å². The van der Waals surface area contributed by atoms with E-state index in [1.165, 1.54) is 0 Å². The van der Waals surface area contributed by atoms with E-state index < -0.39 is 34.3 Å². The summed E-state index contributed by atoms with van der Waals surface area (Å²) in [6.45, 7) is 0. The number of nitrogens with one attached hydrogen (secondary N) is 2. The summed E-state index contributed by atoms with van der Waals surface area (Å²) in [6, 6.07) is 6.43. The average molecular weight is 476 g/mol. The zero-order valence-electron chi connectivity index (χ0n) is 18.6. The molecular formula is C23H20N6O6+2. The van der Waals surface area contributed by atoms with Crippen LogP contribution in [0.25, 0.3) is 23.5 Å². The number of pyridine rings is 2. The van der Waals surface area contributed by atoms with Gasteiger partial charge in [0, 0.05) is 12.1 Å². The summed E-state index contributed by atoms with van der Waals surface area (Å²) in [4.78, 5) is 53.5. The van der Waals surface area contributed by atoms with Gasteiger partial charge in [-0.05, 0) is 24.3 Å². The minimum Gasteiger partial charge on any atom is -0.494 e. The van der Waals surface area contributed by atoms with Gasteiger partial charge in [0.05, 0.1) is 0 Å². The molecule has 12 heteroatoms. The first-order valence-electron chi connectivity index (χ1n) is 10.2. The Bertz CT molecular complexity index is 1640. The third kappa shape index (κ3) is 4.36. The molecule has 0 aliphatic carbocycles. The Labute approximate surface area is 195 Å². The van der Waals surface area contributed by atoms with Gasteiger partial charge in [-0.1, -0.05) is 0 Å². The molecule has 0 saturated carbocycles. The summed E-state index contributed by atoms with van der Waals surface area (Å²) < 4.78 is 5.10. The molecule has 0 aromatic carbocycles. The van der Waals surface area contributed by atoms with Crippen LogP contribution in [0.5, 0.6) is 11.8 Å². The van der Waals surface area contributed by atoms with E-state index in [0.717, 1.165) is 21.3 Å². The molecule has 176 valence electrons. The molecule has 4 aromatic rings. The number of aryl methyl sites for hydroxylation is 2. The largest absolute Gasteiger partial charge is 0.494 e. The van der Waals surface area contributed by atoms with Gasteiger partial charge < -0.3 is 10.2 Å². The highest BCUT2D eigenvalue weighted by molar-refractivity contribution is 5.62. The van der Waals surface area contributed by atoms with Crippen LogP contribution in [0, 0.1) is 0 Å². The van der Waals surface area contributed by atoms with Crippen LogP contribution in [0.15, 0.2) is 74.0 Å². The maximum atomic E-state index is 12.3. The summed E-state index contributed by atoms with van der Waals surface area (Å²) in [5.74, 6) is -1.29. The van der Waals surface area contributed by atoms with Crippen LogP contribution in [0.2, 0.25) is 0 Å². The quantitative estimate of drug-likeness (QED) is 0.213. The monoisotopic (exact) mass is 476 g/mol. The number of hydrogen-bond acceptors (Lipinski definition) is 6. The molecule has 0 radical (unpaired) electrons. The lowest BCUT2D eigenvalue weighted by Crippen LogP contribution is -2.33. The predicted octanol–water partition coefficient (Wildman–Crippen LogP) is -1.25. The van der Waals surface area contributed by atoms with Crippen LogP contribution in [0.4, 0.5) is 0 Å². The molecule has 0 atom stereocenters. The van der Waals surface area contributed by atoms with Crippen molar-refractivity contribution < 1.29 is 19.3 Å². The van der Waals surface area contributed by atoms with E-state index in [0.29, 0.717) is 11.4 Å². The summed E-state index contributed by atoms with van der Waals surface area (Å²) >= 11 is 0. The first kappa shape index (κ1) is 23.0. The van der Waals surface area contributed by atoms with Crippen molar-refractivity contribution in [2.45, 2.75) is 0 Å². The van der Waals surface area contributed by atoms with Crippen LogP contribution in [0.3, 0.4) is 0 Å². The van der Waals surface area contributed by atoms with Crippen molar-refractivity contribution in [1.29, 1.82) is 0 Å². The van der Waals surface area contributed by atoms with Crippen LogP contribution < -0.4 is 31.6 Å². The van der Waals surface area contributed by atoms with Gasteiger partial charge in [-0.3, -0.25) is 19.6 Å². The number of rotatable bonds is 4. The predicted molar refractivity (Wildman–Crippen MR) is 123 cm³/mol. The lowest BCUT2D eigenvalue weighted by molar-refractivity contribution is -0.671. The maximum Gasteiger partial charge on any atom is 0.336 e. The highest BCUT2D eigenvalue weighted by Crippen LogP contribution is 2.18. The Balaban J connectivity index is 1.85. The molecule has 0 spiro atoms. The molecule has 0 fully saturated rings. The van der Waals surface area contributed by atoms with E-state index in [9.17, 15) is 29.4 Å².